The molecule has 0 saturated carbocycles. The van der Waals surface area contributed by atoms with Crippen molar-refractivity contribution in [2.24, 2.45) is 5.41 Å². The summed E-state index contributed by atoms with van der Waals surface area (Å²) < 4.78 is 13.6. The van der Waals surface area contributed by atoms with Crippen LogP contribution in [0.2, 0.25) is 0 Å². The number of rotatable bonds is 4. The van der Waals surface area contributed by atoms with E-state index in [1.807, 2.05) is 0 Å². The van der Waals surface area contributed by atoms with Crippen LogP contribution in [-0.2, 0) is 6.54 Å². The first-order valence-corrected chi connectivity index (χ1v) is 6.88. The SMILES string of the molecule is CN(Cc1ccc(F)c(C#CCCO)c1)CC(C)(C)C. The van der Waals surface area contributed by atoms with Crippen molar-refractivity contribution in [3.05, 3.63) is 35.1 Å². The smallest absolute Gasteiger partial charge is 0.138 e. The first-order chi connectivity index (χ1) is 9.31. The van der Waals surface area contributed by atoms with Crippen LogP contribution in [0, 0.1) is 23.1 Å². The molecule has 1 N–H and O–H groups in total. The van der Waals surface area contributed by atoms with E-state index in [-0.39, 0.29) is 17.8 Å². The zero-order valence-electron chi connectivity index (χ0n) is 12.8. The molecule has 0 saturated heterocycles. The molecule has 0 bridgehead atoms. The lowest BCUT2D eigenvalue weighted by Crippen LogP contribution is -2.28. The van der Waals surface area contributed by atoms with Gasteiger partial charge in [0.05, 0.1) is 12.2 Å². The molecule has 0 aliphatic rings. The standard InChI is InChI=1S/C17H24FNO/c1-17(2,3)13-19(4)12-14-8-9-16(18)15(11-14)7-5-6-10-20/h8-9,11,20H,6,10,12-13H2,1-4H3. The van der Waals surface area contributed by atoms with Gasteiger partial charge in [0.1, 0.15) is 5.82 Å². The predicted molar refractivity (Wildman–Crippen MR) is 80.8 cm³/mol. The maximum atomic E-state index is 13.6. The summed E-state index contributed by atoms with van der Waals surface area (Å²) in [5.74, 6) is 5.22. The maximum Gasteiger partial charge on any atom is 0.138 e. The molecular formula is C17H24FNO. The Balaban J connectivity index is 2.78. The third-order valence-corrected chi connectivity index (χ3v) is 2.69. The molecule has 0 aliphatic carbocycles. The van der Waals surface area contributed by atoms with Crippen LogP contribution in [0.3, 0.4) is 0 Å². The molecule has 0 radical (unpaired) electrons. The number of nitrogens with zero attached hydrogens (tertiary/aromatic N) is 1. The van der Waals surface area contributed by atoms with Crippen LogP contribution >= 0.6 is 0 Å². The highest BCUT2D eigenvalue weighted by Crippen LogP contribution is 2.17. The van der Waals surface area contributed by atoms with Crippen LogP contribution in [0.15, 0.2) is 18.2 Å². The van der Waals surface area contributed by atoms with Gasteiger partial charge in [-0.1, -0.05) is 38.7 Å². The normalized spacial score (nSPS) is 11.3. The Kier molecular flexibility index (Phi) is 6.19. The largest absolute Gasteiger partial charge is 0.395 e. The molecule has 1 aromatic carbocycles. The average Bonchev–Trinajstić information content (AvgIpc) is 2.31. The maximum absolute atomic E-state index is 13.6. The van der Waals surface area contributed by atoms with Crippen molar-refractivity contribution in [3.8, 4) is 11.8 Å². The van der Waals surface area contributed by atoms with Gasteiger partial charge in [-0.05, 0) is 30.2 Å². The molecular weight excluding hydrogens is 253 g/mol. The molecule has 0 unspecified atom stereocenters. The Bertz CT molecular complexity index is 494. The summed E-state index contributed by atoms with van der Waals surface area (Å²) >= 11 is 0. The van der Waals surface area contributed by atoms with Crippen LogP contribution in [0.5, 0.6) is 0 Å². The van der Waals surface area contributed by atoms with Gasteiger partial charge in [0.2, 0.25) is 0 Å². The van der Waals surface area contributed by atoms with E-state index in [9.17, 15) is 4.39 Å². The lowest BCUT2D eigenvalue weighted by molar-refractivity contribution is 0.221. The molecule has 0 atom stereocenters. The minimum Gasteiger partial charge on any atom is -0.395 e. The second-order valence-corrected chi connectivity index (χ2v) is 6.32. The van der Waals surface area contributed by atoms with E-state index >= 15 is 0 Å². The van der Waals surface area contributed by atoms with Crippen molar-refractivity contribution in [2.45, 2.75) is 33.7 Å². The van der Waals surface area contributed by atoms with Crippen molar-refractivity contribution in [1.82, 2.24) is 4.90 Å². The highest BCUT2D eigenvalue weighted by atomic mass is 19.1. The van der Waals surface area contributed by atoms with E-state index in [1.165, 1.54) is 6.07 Å². The molecule has 20 heavy (non-hydrogen) atoms. The molecule has 2 nitrogen and oxygen atoms in total. The first kappa shape index (κ1) is 16.7. The summed E-state index contributed by atoms with van der Waals surface area (Å²) in [6, 6.07) is 5.05. The number of halogens is 1. The van der Waals surface area contributed by atoms with Gasteiger partial charge in [0.25, 0.3) is 0 Å². The van der Waals surface area contributed by atoms with Gasteiger partial charge in [0, 0.05) is 19.5 Å². The summed E-state index contributed by atoms with van der Waals surface area (Å²) in [5.41, 5.74) is 1.69. The van der Waals surface area contributed by atoms with E-state index in [4.69, 9.17) is 5.11 Å². The van der Waals surface area contributed by atoms with Crippen LogP contribution in [0.1, 0.15) is 38.3 Å². The number of hydrogen-bond acceptors (Lipinski definition) is 2. The Hall–Kier alpha value is -1.37. The first-order valence-electron chi connectivity index (χ1n) is 6.88. The number of aliphatic hydroxyl groups is 1. The molecule has 1 aromatic rings. The van der Waals surface area contributed by atoms with E-state index < -0.39 is 0 Å². The molecule has 0 spiro atoms. The third-order valence-electron chi connectivity index (χ3n) is 2.69. The van der Waals surface area contributed by atoms with Gasteiger partial charge < -0.3 is 10.0 Å². The third kappa shape index (κ3) is 6.18. The lowest BCUT2D eigenvalue weighted by atomic mass is 9.96. The summed E-state index contributed by atoms with van der Waals surface area (Å²) in [6.45, 7) is 8.32. The van der Waals surface area contributed by atoms with Crippen molar-refractivity contribution in [3.63, 3.8) is 0 Å². The molecule has 0 fully saturated rings. The Morgan fingerprint density at radius 3 is 2.60 bits per heavy atom. The van der Waals surface area contributed by atoms with Crippen molar-refractivity contribution in [2.75, 3.05) is 20.2 Å². The molecule has 0 heterocycles. The summed E-state index contributed by atoms with van der Waals surface area (Å²) in [5, 5.41) is 8.69. The summed E-state index contributed by atoms with van der Waals surface area (Å²) in [6.07, 6.45) is 0.369. The quantitative estimate of drug-likeness (QED) is 0.855. The summed E-state index contributed by atoms with van der Waals surface area (Å²) in [7, 11) is 2.06. The van der Waals surface area contributed by atoms with E-state index in [2.05, 4.69) is 44.6 Å². The fourth-order valence-electron chi connectivity index (χ4n) is 2.16. The van der Waals surface area contributed by atoms with Crippen molar-refractivity contribution < 1.29 is 9.50 Å². The van der Waals surface area contributed by atoms with Crippen molar-refractivity contribution in [1.29, 1.82) is 0 Å². The highest BCUT2D eigenvalue weighted by Gasteiger charge is 2.14. The minimum atomic E-state index is -0.308. The van der Waals surface area contributed by atoms with Crippen LogP contribution in [0.4, 0.5) is 4.39 Å². The molecule has 0 amide bonds. The van der Waals surface area contributed by atoms with E-state index in [1.54, 1.807) is 12.1 Å². The van der Waals surface area contributed by atoms with E-state index in [0.29, 0.717) is 12.0 Å². The fraction of sp³-hybridized carbons (Fsp3) is 0.529. The fourth-order valence-corrected chi connectivity index (χ4v) is 2.16. The second kappa shape index (κ2) is 7.42. The Morgan fingerprint density at radius 1 is 1.30 bits per heavy atom. The average molecular weight is 277 g/mol. The van der Waals surface area contributed by atoms with Gasteiger partial charge in [-0.15, -0.1) is 0 Å². The molecule has 3 heteroatoms. The molecule has 0 aromatic heterocycles. The van der Waals surface area contributed by atoms with Crippen LogP contribution in [-0.4, -0.2) is 30.2 Å². The molecule has 0 aliphatic heterocycles. The zero-order valence-corrected chi connectivity index (χ0v) is 12.8. The Morgan fingerprint density at radius 2 is 2.00 bits per heavy atom. The second-order valence-electron chi connectivity index (χ2n) is 6.32. The topological polar surface area (TPSA) is 23.5 Å². The zero-order chi connectivity index (χ0) is 15.2. The van der Waals surface area contributed by atoms with Crippen molar-refractivity contribution >= 4 is 0 Å². The monoisotopic (exact) mass is 277 g/mol. The van der Waals surface area contributed by atoms with Crippen LogP contribution in [0.25, 0.3) is 0 Å². The summed E-state index contributed by atoms with van der Waals surface area (Å²) in [4.78, 5) is 2.22. The highest BCUT2D eigenvalue weighted by molar-refractivity contribution is 5.38. The molecule has 110 valence electrons. The van der Waals surface area contributed by atoms with E-state index in [0.717, 1.165) is 18.7 Å². The number of hydrogen-bond donors (Lipinski definition) is 1. The van der Waals surface area contributed by atoms with Gasteiger partial charge in [-0.25, -0.2) is 4.39 Å². The van der Waals surface area contributed by atoms with Crippen LogP contribution < -0.4 is 0 Å². The van der Waals surface area contributed by atoms with Gasteiger partial charge in [-0.2, -0.15) is 0 Å². The Labute approximate surface area is 121 Å². The lowest BCUT2D eigenvalue weighted by Gasteiger charge is -2.26. The van der Waals surface area contributed by atoms with Gasteiger partial charge in [-0.3, -0.25) is 0 Å². The number of benzene rings is 1. The minimum absolute atomic E-state index is 0.00261. The number of aliphatic hydroxyl groups excluding tert-OH is 1. The van der Waals surface area contributed by atoms with Gasteiger partial charge >= 0.3 is 0 Å². The van der Waals surface area contributed by atoms with Gasteiger partial charge in [0.15, 0.2) is 0 Å². The molecule has 1 rings (SSSR count). The predicted octanol–water partition coefficient (Wildman–Crippen LogP) is 3.04.